The third kappa shape index (κ3) is 3.23. The lowest BCUT2D eigenvalue weighted by molar-refractivity contribution is 0.979. The summed E-state index contributed by atoms with van der Waals surface area (Å²) in [6.07, 6.45) is 1.78. The van der Waals surface area contributed by atoms with Gasteiger partial charge in [-0.2, -0.15) is 4.98 Å². The molecule has 4 heteroatoms. The summed E-state index contributed by atoms with van der Waals surface area (Å²) >= 11 is 0. The van der Waals surface area contributed by atoms with E-state index in [-0.39, 0.29) is 0 Å². The van der Waals surface area contributed by atoms with Gasteiger partial charge in [0.05, 0.1) is 0 Å². The molecule has 0 fully saturated rings. The monoisotopic (exact) mass is 290 g/mol. The topological polar surface area (TPSA) is 41.1 Å². The molecule has 0 spiro atoms. The summed E-state index contributed by atoms with van der Waals surface area (Å²) in [5.74, 6) is 1.47. The van der Waals surface area contributed by atoms with Gasteiger partial charge in [0.25, 0.3) is 0 Å². The van der Waals surface area contributed by atoms with Crippen molar-refractivity contribution in [2.24, 2.45) is 0 Å². The summed E-state index contributed by atoms with van der Waals surface area (Å²) < 4.78 is 0. The largest absolute Gasteiger partial charge is 0.327 e. The summed E-state index contributed by atoms with van der Waals surface area (Å²) in [5, 5.41) is 3.23. The quantitative estimate of drug-likeness (QED) is 0.757. The molecule has 0 aliphatic rings. The highest BCUT2D eigenvalue weighted by Crippen LogP contribution is 2.23. The van der Waals surface area contributed by atoms with Crippen LogP contribution in [0.15, 0.2) is 72.9 Å². The van der Waals surface area contributed by atoms with Crippen molar-refractivity contribution >= 4 is 23.1 Å². The van der Waals surface area contributed by atoms with Crippen LogP contribution in [0.25, 0.3) is 0 Å². The Hall–Kier alpha value is -2.88. The molecule has 110 valence electrons. The average Bonchev–Trinajstić information content (AvgIpc) is 2.58. The predicted octanol–water partition coefficient (Wildman–Crippen LogP) is 4.38. The summed E-state index contributed by atoms with van der Waals surface area (Å²) in [5.41, 5.74) is 2.09. The van der Waals surface area contributed by atoms with Crippen molar-refractivity contribution in [1.82, 2.24) is 9.97 Å². The van der Waals surface area contributed by atoms with Crippen molar-refractivity contribution in [1.29, 1.82) is 0 Å². The first kappa shape index (κ1) is 14.1. The van der Waals surface area contributed by atoms with Crippen LogP contribution in [0.4, 0.5) is 23.1 Å². The van der Waals surface area contributed by atoms with E-state index in [1.807, 2.05) is 54.6 Å². The van der Waals surface area contributed by atoms with Crippen molar-refractivity contribution in [2.45, 2.75) is 6.92 Å². The molecule has 4 nitrogen and oxygen atoms in total. The summed E-state index contributed by atoms with van der Waals surface area (Å²) in [4.78, 5) is 11.1. The number of benzene rings is 2. The van der Waals surface area contributed by atoms with Crippen LogP contribution in [0.5, 0.6) is 0 Å². The highest BCUT2D eigenvalue weighted by molar-refractivity contribution is 5.61. The first-order valence-electron chi connectivity index (χ1n) is 7.34. The zero-order valence-corrected chi connectivity index (χ0v) is 12.5. The molecule has 22 heavy (non-hydrogen) atoms. The second kappa shape index (κ2) is 6.72. The van der Waals surface area contributed by atoms with Gasteiger partial charge in [0.2, 0.25) is 5.95 Å². The fourth-order valence-corrected chi connectivity index (χ4v) is 2.30. The second-order valence-corrected chi connectivity index (χ2v) is 4.81. The minimum Gasteiger partial charge on any atom is -0.327 e. The van der Waals surface area contributed by atoms with Gasteiger partial charge in [0, 0.05) is 24.1 Å². The van der Waals surface area contributed by atoms with Crippen LogP contribution in [0.1, 0.15) is 6.92 Å². The SMILES string of the molecule is CCN(c1ccccc1)c1ccnc(Nc2ccccc2)n1. The molecule has 0 saturated carbocycles. The van der Waals surface area contributed by atoms with Gasteiger partial charge in [-0.15, -0.1) is 0 Å². The molecule has 1 heterocycles. The maximum atomic E-state index is 4.62. The summed E-state index contributed by atoms with van der Waals surface area (Å²) in [6, 6.07) is 22.1. The van der Waals surface area contributed by atoms with E-state index >= 15 is 0 Å². The minimum absolute atomic E-state index is 0.595. The number of rotatable bonds is 5. The summed E-state index contributed by atoms with van der Waals surface area (Å²) in [6.45, 7) is 2.95. The van der Waals surface area contributed by atoms with Gasteiger partial charge in [-0.1, -0.05) is 36.4 Å². The molecule has 0 aliphatic carbocycles. The van der Waals surface area contributed by atoms with Crippen molar-refractivity contribution in [3.63, 3.8) is 0 Å². The third-order valence-electron chi connectivity index (χ3n) is 3.33. The van der Waals surface area contributed by atoms with Crippen LogP contribution in [0.3, 0.4) is 0 Å². The lowest BCUT2D eigenvalue weighted by Gasteiger charge is -2.22. The zero-order chi connectivity index (χ0) is 15.2. The number of anilines is 4. The molecule has 0 bridgehead atoms. The van der Waals surface area contributed by atoms with Gasteiger partial charge in [-0.05, 0) is 37.3 Å². The van der Waals surface area contributed by atoms with Crippen LogP contribution in [-0.2, 0) is 0 Å². The Balaban J connectivity index is 1.87. The van der Waals surface area contributed by atoms with Gasteiger partial charge in [0.15, 0.2) is 0 Å². The number of nitrogens with one attached hydrogen (secondary N) is 1. The number of hydrogen-bond donors (Lipinski definition) is 1. The maximum absolute atomic E-state index is 4.62. The molecule has 2 aromatic carbocycles. The smallest absolute Gasteiger partial charge is 0.229 e. The van der Waals surface area contributed by atoms with Crippen LogP contribution >= 0.6 is 0 Å². The number of para-hydroxylation sites is 2. The lowest BCUT2D eigenvalue weighted by Crippen LogP contribution is -2.17. The fraction of sp³-hybridized carbons (Fsp3) is 0.111. The number of aromatic nitrogens is 2. The number of hydrogen-bond acceptors (Lipinski definition) is 4. The molecule has 0 atom stereocenters. The van der Waals surface area contributed by atoms with Crippen molar-refractivity contribution < 1.29 is 0 Å². The molecule has 3 aromatic rings. The molecular formula is C18H18N4. The van der Waals surface area contributed by atoms with E-state index in [1.54, 1.807) is 6.20 Å². The van der Waals surface area contributed by atoms with E-state index in [1.165, 1.54) is 0 Å². The fourth-order valence-electron chi connectivity index (χ4n) is 2.30. The van der Waals surface area contributed by atoms with Gasteiger partial charge in [-0.25, -0.2) is 4.98 Å². The summed E-state index contributed by atoms with van der Waals surface area (Å²) in [7, 11) is 0. The molecule has 0 saturated heterocycles. The van der Waals surface area contributed by atoms with Crippen LogP contribution < -0.4 is 10.2 Å². The van der Waals surface area contributed by atoms with Gasteiger partial charge in [-0.3, -0.25) is 0 Å². The van der Waals surface area contributed by atoms with E-state index in [9.17, 15) is 0 Å². The van der Waals surface area contributed by atoms with Crippen LogP contribution in [-0.4, -0.2) is 16.5 Å². The molecule has 0 amide bonds. The van der Waals surface area contributed by atoms with Gasteiger partial charge >= 0.3 is 0 Å². The van der Waals surface area contributed by atoms with Crippen molar-refractivity contribution in [2.75, 3.05) is 16.8 Å². The molecule has 3 rings (SSSR count). The Morgan fingerprint density at radius 2 is 1.59 bits per heavy atom. The Morgan fingerprint density at radius 3 is 2.27 bits per heavy atom. The average molecular weight is 290 g/mol. The molecular weight excluding hydrogens is 272 g/mol. The minimum atomic E-state index is 0.595. The first-order chi connectivity index (χ1) is 10.9. The molecule has 1 aromatic heterocycles. The predicted molar refractivity (Wildman–Crippen MR) is 90.9 cm³/mol. The van der Waals surface area contributed by atoms with E-state index in [0.717, 1.165) is 23.7 Å². The van der Waals surface area contributed by atoms with E-state index in [2.05, 4.69) is 39.2 Å². The Bertz CT molecular complexity index is 713. The standard InChI is InChI=1S/C18H18N4/c1-2-22(16-11-7-4-8-12-16)17-13-14-19-18(21-17)20-15-9-5-3-6-10-15/h3-14H,2H2,1H3,(H,19,20,21). The Kier molecular flexibility index (Phi) is 4.30. The Morgan fingerprint density at radius 1 is 0.909 bits per heavy atom. The molecule has 1 N–H and O–H groups in total. The van der Waals surface area contributed by atoms with Gasteiger partial charge < -0.3 is 10.2 Å². The van der Waals surface area contributed by atoms with Gasteiger partial charge in [0.1, 0.15) is 5.82 Å². The van der Waals surface area contributed by atoms with E-state index in [4.69, 9.17) is 0 Å². The highest BCUT2D eigenvalue weighted by Gasteiger charge is 2.09. The third-order valence-corrected chi connectivity index (χ3v) is 3.33. The molecule has 0 radical (unpaired) electrons. The Labute approximate surface area is 130 Å². The van der Waals surface area contributed by atoms with Crippen LogP contribution in [0.2, 0.25) is 0 Å². The second-order valence-electron chi connectivity index (χ2n) is 4.81. The maximum Gasteiger partial charge on any atom is 0.229 e. The zero-order valence-electron chi connectivity index (χ0n) is 12.5. The van der Waals surface area contributed by atoms with Crippen molar-refractivity contribution in [3.05, 3.63) is 72.9 Å². The van der Waals surface area contributed by atoms with Crippen LogP contribution in [0, 0.1) is 0 Å². The highest BCUT2D eigenvalue weighted by atomic mass is 15.2. The molecule has 0 aliphatic heterocycles. The molecule has 0 unspecified atom stereocenters. The number of nitrogens with zero attached hydrogens (tertiary/aromatic N) is 3. The normalized spacial score (nSPS) is 10.2. The van der Waals surface area contributed by atoms with E-state index < -0.39 is 0 Å². The van der Waals surface area contributed by atoms with Crippen molar-refractivity contribution in [3.8, 4) is 0 Å². The van der Waals surface area contributed by atoms with E-state index in [0.29, 0.717) is 5.95 Å². The first-order valence-corrected chi connectivity index (χ1v) is 7.34. The lowest BCUT2D eigenvalue weighted by atomic mass is 10.3.